The zero-order valence-corrected chi connectivity index (χ0v) is 15.4. The Morgan fingerprint density at radius 2 is 1.92 bits per heavy atom. The Morgan fingerprint density at radius 3 is 2.60 bits per heavy atom. The fraction of sp³-hybridized carbons (Fsp3) is 0.300. The lowest BCUT2D eigenvalue weighted by atomic mass is 9.93. The summed E-state index contributed by atoms with van der Waals surface area (Å²) in [5, 5.41) is -0.297. The molecule has 0 heterocycles. The SMILES string of the molecule is C=CCC1CCCc2ccc(F)cc2C1S(=O)(=O)c1ccc(Cl)cc1. The lowest BCUT2D eigenvalue weighted by Gasteiger charge is -2.26. The third-order valence-electron chi connectivity index (χ3n) is 4.81. The molecule has 2 aromatic rings. The molecule has 2 atom stereocenters. The average molecular weight is 379 g/mol. The molecule has 0 saturated heterocycles. The van der Waals surface area contributed by atoms with Crippen molar-refractivity contribution in [2.45, 2.75) is 35.8 Å². The molecule has 2 nitrogen and oxygen atoms in total. The van der Waals surface area contributed by atoms with E-state index >= 15 is 0 Å². The van der Waals surface area contributed by atoms with E-state index in [1.165, 1.54) is 24.3 Å². The van der Waals surface area contributed by atoms with Crippen LogP contribution in [0.25, 0.3) is 0 Å². The number of benzene rings is 2. The Balaban J connectivity index is 2.18. The number of aryl methyl sites for hydroxylation is 1. The molecule has 0 bridgehead atoms. The number of fused-ring (bicyclic) bond motifs is 1. The van der Waals surface area contributed by atoms with E-state index in [2.05, 4.69) is 6.58 Å². The fourth-order valence-corrected chi connectivity index (χ4v) is 5.91. The topological polar surface area (TPSA) is 34.1 Å². The third kappa shape index (κ3) is 3.65. The second kappa shape index (κ2) is 7.30. The maximum atomic E-state index is 13.9. The highest BCUT2D eigenvalue weighted by Crippen LogP contribution is 2.43. The largest absolute Gasteiger partial charge is 0.223 e. The summed E-state index contributed by atoms with van der Waals surface area (Å²) in [5.74, 6) is -0.532. The smallest absolute Gasteiger partial charge is 0.185 e. The van der Waals surface area contributed by atoms with E-state index in [9.17, 15) is 12.8 Å². The van der Waals surface area contributed by atoms with Crippen LogP contribution in [0.15, 0.2) is 60.0 Å². The van der Waals surface area contributed by atoms with Crippen molar-refractivity contribution >= 4 is 21.4 Å². The summed E-state index contributed by atoms with van der Waals surface area (Å²) in [4.78, 5) is 0.216. The van der Waals surface area contributed by atoms with Gasteiger partial charge in [0.05, 0.1) is 10.1 Å². The van der Waals surface area contributed by atoms with Crippen molar-refractivity contribution in [2.24, 2.45) is 5.92 Å². The van der Waals surface area contributed by atoms with Gasteiger partial charge in [-0.15, -0.1) is 6.58 Å². The van der Waals surface area contributed by atoms with Gasteiger partial charge >= 0.3 is 0 Å². The van der Waals surface area contributed by atoms with E-state index in [1.807, 2.05) is 0 Å². The number of allylic oxidation sites excluding steroid dienone is 1. The molecule has 2 unspecified atom stereocenters. The maximum absolute atomic E-state index is 13.9. The standard InChI is InChI=1S/C20H20ClFO2S/c1-2-4-15-6-3-5-14-7-10-17(22)13-19(14)20(15)25(23,24)18-11-8-16(21)9-12-18/h2,7-13,15,20H,1,3-6H2. The molecule has 25 heavy (non-hydrogen) atoms. The van der Waals surface area contributed by atoms with Gasteiger partial charge in [-0.1, -0.05) is 23.7 Å². The van der Waals surface area contributed by atoms with Crippen LogP contribution in [0.5, 0.6) is 0 Å². The van der Waals surface area contributed by atoms with Crippen LogP contribution in [0.1, 0.15) is 35.6 Å². The lowest BCUT2D eigenvalue weighted by Crippen LogP contribution is -2.22. The molecule has 5 heteroatoms. The van der Waals surface area contributed by atoms with Gasteiger partial charge in [-0.05, 0) is 79.1 Å². The maximum Gasteiger partial charge on any atom is 0.185 e. The van der Waals surface area contributed by atoms with Crippen molar-refractivity contribution in [3.8, 4) is 0 Å². The average Bonchev–Trinajstić information content (AvgIpc) is 2.74. The Labute approximate surface area is 153 Å². The number of halogens is 2. The quantitative estimate of drug-likeness (QED) is 0.518. The van der Waals surface area contributed by atoms with Crippen LogP contribution >= 0.6 is 11.6 Å². The molecule has 0 spiro atoms. The first-order valence-electron chi connectivity index (χ1n) is 8.32. The van der Waals surface area contributed by atoms with Crippen LogP contribution in [0.3, 0.4) is 0 Å². The summed E-state index contributed by atoms with van der Waals surface area (Å²) in [6.45, 7) is 3.77. The van der Waals surface area contributed by atoms with Gasteiger partial charge in [0.25, 0.3) is 0 Å². The molecule has 0 amide bonds. The number of sulfone groups is 1. The van der Waals surface area contributed by atoms with Crippen LogP contribution in [0.2, 0.25) is 5.02 Å². The van der Waals surface area contributed by atoms with Crippen molar-refractivity contribution in [3.05, 3.63) is 77.1 Å². The first-order valence-corrected chi connectivity index (χ1v) is 10.2. The molecule has 1 aliphatic rings. The predicted octanol–water partition coefficient (Wildman–Crippen LogP) is 5.52. The highest BCUT2D eigenvalue weighted by Gasteiger charge is 2.38. The van der Waals surface area contributed by atoms with E-state index in [0.29, 0.717) is 17.0 Å². The van der Waals surface area contributed by atoms with Gasteiger partial charge in [-0.2, -0.15) is 0 Å². The molecule has 0 aromatic heterocycles. The highest BCUT2D eigenvalue weighted by molar-refractivity contribution is 7.91. The molecule has 1 aliphatic carbocycles. The first kappa shape index (κ1) is 18.2. The molecule has 0 N–H and O–H groups in total. The van der Waals surface area contributed by atoms with E-state index in [0.717, 1.165) is 24.8 Å². The van der Waals surface area contributed by atoms with E-state index < -0.39 is 20.9 Å². The first-order chi connectivity index (χ1) is 11.9. The number of rotatable bonds is 4. The molecule has 0 aliphatic heterocycles. The second-order valence-electron chi connectivity index (χ2n) is 6.44. The van der Waals surface area contributed by atoms with Crippen LogP contribution in [0.4, 0.5) is 4.39 Å². The number of hydrogen-bond acceptors (Lipinski definition) is 2. The van der Waals surface area contributed by atoms with E-state index in [-0.39, 0.29) is 10.8 Å². The summed E-state index contributed by atoms with van der Waals surface area (Å²) in [6.07, 6.45) is 4.73. The minimum Gasteiger partial charge on any atom is -0.223 e. The van der Waals surface area contributed by atoms with Gasteiger partial charge in [0.2, 0.25) is 0 Å². The van der Waals surface area contributed by atoms with Crippen LogP contribution in [-0.2, 0) is 16.3 Å². The molecule has 0 fully saturated rings. The zero-order chi connectivity index (χ0) is 18.0. The molecular weight excluding hydrogens is 359 g/mol. The van der Waals surface area contributed by atoms with Crippen LogP contribution in [-0.4, -0.2) is 8.42 Å². The summed E-state index contributed by atoms with van der Waals surface area (Å²) >= 11 is 5.90. The number of hydrogen-bond donors (Lipinski definition) is 0. The minimum atomic E-state index is -3.68. The van der Waals surface area contributed by atoms with Crippen molar-refractivity contribution in [1.29, 1.82) is 0 Å². The Hall–Kier alpha value is -1.65. The summed E-state index contributed by atoms with van der Waals surface area (Å²) < 4.78 is 40.7. The normalized spacial score (nSPS) is 20.6. The van der Waals surface area contributed by atoms with Gasteiger partial charge in [0, 0.05) is 5.02 Å². The fourth-order valence-electron chi connectivity index (χ4n) is 3.67. The van der Waals surface area contributed by atoms with Gasteiger partial charge in [0.1, 0.15) is 5.82 Å². The molecule has 3 rings (SSSR count). The predicted molar refractivity (Wildman–Crippen MR) is 99.0 cm³/mol. The van der Waals surface area contributed by atoms with Gasteiger partial charge in [-0.25, -0.2) is 12.8 Å². The molecular formula is C20H20ClFO2S. The molecule has 132 valence electrons. The summed E-state index contributed by atoms with van der Waals surface area (Å²) in [6, 6.07) is 10.7. The zero-order valence-electron chi connectivity index (χ0n) is 13.8. The highest BCUT2D eigenvalue weighted by atomic mass is 35.5. The van der Waals surface area contributed by atoms with E-state index in [4.69, 9.17) is 11.6 Å². The molecule has 2 aromatic carbocycles. The van der Waals surface area contributed by atoms with Crippen molar-refractivity contribution in [3.63, 3.8) is 0 Å². The van der Waals surface area contributed by atoms with Gasteiger partial charge < -0.3 is 0 Å². The molecule has 0 radical (unpaired) electrons. The van der Waals surface area contributed by atoms with Crippen LogP contribution < -0.4 is 0 Å². The Bertz CT molecular complexity index is 875. The Morgan fingerprint density at radius 1 is 1.20 bits per heavy atom. The summed E-state index contributed by atoms with van der Waals surface area (Å²) in [5.41, 5.74) is 1.50. The van der Waals surface area contributed by atoms with Crippen molar-refractivity contribution in [1.82, 2.24) is 0 Å². The van der Waals surface area contributed by atoms with Gasteiger partial charge in [0.15, 0.2) is 9.84 Å². The van der Waals surface area contributed by atoms with Gasteiger partial charge in [-0.3, -0.25) is 0 Å². The minimum absolute atomic E-state index is 0.124. The van der Waals surface area contributed by atoms with Crippen molar-refractivity contribution < 1.29 is 12.8 Å². The Kier molecular flexibility index (Phi) is 5.30. The van der Waals surface area contributed by atoms with Crippen molar-refractivity contribution in [2.75, 3.05) is 0 Å². The molecule has 0 saturated carbocycles. The third-order valence-corrected chi connectivity index (χ3v) is 7.30. The summed E-state index contributed by atoms with van der Waals surface area (Å²) in [7, 11) is -3.68. The monoisotopic (exact) mass is 378 g/mol. The second-order valence-corrected chi connectivity index (χ2v) is 8.95. The lowest BCUT2D eigenvalue weighted by molar-refractivity contribution is 0.454. The van der Waals surface area contributed by atoms with E-state index in [1.54, 1.807) is 24.3 Å². The van der Waals surface area contributed by atoms with Crippen LogP contribution in [0, 0.1) is 11.7 Å².